The highest BCUT2D eigenvalue weighted by molar-refractivity contribution is 7.88. The second-order valence-electron chi connectivity index (χ2n) is 6.06. The molecule has 2 heterocycles. The maximum atomic E-state index is 11.2. The first kappa shape index (κ1) is 17.3. The Labute approximate surface area is 147 Å². The van der Waals surface area contributed by atoms with Crippen LogP contribution in [0.2, 0.25) is 0 Å². The smallest absolute Gasteiger partial charge is 0.208 e. The summed E-state index contributed by atoms with van der Waals surface area (Å²) in [5, 5.41) is 0.929. The van der Waals surface area contributed by atoms with E-state index in [1.54, 1.807) is 0 Å². The van der Waals surface area contributed by atoms with Gasteiger partial charge in [-0.1, -0.05) is 30.3 Å². The van der Waals surface area contributed by atoms with Crippen molar-refractivity contribution in [3.63, 3.8) is 0 Å². The zero-order valence-corrected chi connectivity index (χ0v) is 15.3. The van der Waals surface area contributed by atoms with Crippen LogP contribution in [0.1, 0.15) is 25.7 Å². The quantitative estimate of drug-likeness (QED) is 0.850. The largest absolute Gasteiger partial charge is 0.344 e. The van der Waals surface area contributed by atoms with Crippen molar-refractivity contribution in [2.45, 2.75) is 31.7 Å². The first-order valence-corrected chi connectivity index (χ1v) is 10.8. The molecule has 0 aliphatic carbocycles. The van der Waals surface area contributed by atoms with Crippen molar-refractivity contribution >= 4 is 26.7 Å². The summed E-state index contributed by atoms with van der Waals surface area (Å²) in [4.78, 5) is 7.00. The number of anilines is 1. The summed E-state index contributed by atoms with van der Waals surface area (Å²) in [7, 11) is -3.13. The highest BCUT2D eigenvalue weighted by Gasteiger charge is 2.25. The number of nitrogens with one attached hydrogen (secondary N) is 1. The molecule has 1 aromatic carbocycles. The van der Waals surface area contributed by atoms with Gasteiger partial charge in [-0.25, -0.2) is 13.1 Å². The van der Waals surface area contributed by atoms with Crippen LogP contribution >= 0.6 is 11.5 Å². The standard InChI is InChI=1S/C16H22N4O2S2/c1-24(21,22)17-11-10-14-9-5-6-12-20(14)16-18-15(19-23-16)13-7-3-2-4-8-13/h2-4,7-8,14,17H,5-6,9-12H2,1H3. The van der Waals surface area contributed by atoms with E-state index in [-0.39, 0.29) is 0 Å². The molecule has 0 bridgehead atoms. The van der Waals surface area contributed by atoms with Gasteiger partial charge in [0.2, 0.25) is 15.2 Å². The summed E-state index contributed by atoms with van der Waals surface area (Å²) in [6.45, 7) is 1.41. The molecule has 6 nitrogen and oxygen atoms in total. The van der Waals surface area contributed by atoms with Gasteiger partial charge in [0.15, 0.2) is 5.82 Å². The van der Waals surface area contributed by atoms with Gasteiger partial charge in [-0.05, 0) is 25.7 Å². The molecule has 24 heavy (non-hydrogen) atoms. The van der Waals surface area contributed by atoms with Crippen LogP contribution in [0.15, 0.2) is 30.3 Å². The van der Waals surface area contributed by atoms with Gasteiger partial charge in [0.1, 0.15) is 0 Å². The number of nitrogens with zero attached hydrogens (tertiary/aromatic N) is 3. The monoisotopic (exact) mass is 366 g/mol. The lowest BCUT2D eigenvalue weighted by Gasteiger charge is -2.35. The second-order valence-corrected chi connectivity index (χ2v) is 8.63. The first-order chi connectivity index (χ1) is 11.5. The molecule has 1 saturated heterocycles. The Morgan fingerprint density at radius 1 is 1.29 bits per heavy atom. The molecule has 1 atom stereocenters. The second kappa shape index (κ2) is 7.58. The molecule has 0 amide bonds. The molecular weight excluding hydrogens is 344 g/mol. The number of rotatable bonds is 6. The number of hydrogen-bond donors (Lipinski definition) is 1. The number of piperidine rings is 1. The van der Waals surface area contributed by atoms with Gasteiger partial charge in [-0.15, -0.1) is 0 Å². The van der Waals surface area contributed by atoms with E-state index in [2.05, 4.69) is 14.0 Å². The van der Waals surface area contributed by atoms with Crippen molar-refractivity contribution in [3.05, 3.63) is 30.3 Å². The van der Waals surface area contributed by atoms with Gasteiger partial charge in [0.25, 0.3) is 0 Å². The maximum absolute atomic E-state index is 11.2. The van der Waals surface area contributed by atoms with Crippen molar-refractivity contribution in [1.29, 1.82) is 0 Å². The lowest BCUT2D eigenvalue weighted by Crippen LogP contribution is -2.41. The molecule has 0 radical (unpaired) electrons. The molecule has 0 spiro atoms. The lowest BCUT2D eigenvalue weighted by molar-refractivity contribution is 0.436. The Kier molecular flexibility index (Phi) is 5.47. The van der Waals surface area contributed by atoms with Crippen LogP contribution < -0.4 is 9.62 Å². The zero-order valence-electron chi connectivity index (χ0n) is 13.7. The minimum Gasteiger partial charge on any atom is -0.344 e. The molecule has 2 aromatic rings. The van der Waals surface area contributed by atoms with Gasteiger partial charge in [-0.3, -0.25) is 0 Å². The van der Waals surface area contributed by atoms with E-state index in [1.165, 1.54) is 24.2 Å². The van der Waals surface area contributed by atoms with Crippen LogP contribution in [-0.4, -0.2) is 43.2 Å². The molecule has 1 aromatic heterocycles. The Bertz CT molecular complexity index is 761. The van der Waals surface area contributed by atoms with E-state index in [4.69, 9.17) is 4.98 Å². The number of sulfonamides is 1. The minimum atomic E-state index is -3.13. The van der Waals surface area contributed by atoms with Crippen LogP contribution in [-0.2, 0) is 10.0 Å². The number of hydrogen-bond acceptors (Lipinski definition) is 6. The van der Waals surface area contributed by atoms with Gasteiger partial charge < -0.3 is 4.90 Å². The fraction of sp³-hybridized carbons (Fsp3) is 0.500. The highest BCUT2D eigenvalue weighted by Crippen LogP contribution is 2.30. The third-order valence-corrected chi connectivity index (χ3v) is 5.64. The van der Waals surface area contributed by atoms with E-state index in [1.807, 2.05) is 30.3 Å². The number of aromatic nitrogens is 2. The van der Waals surface area contributed by atoms with E-state index < -0.39 is 10.0 Å². The van der Waals surface area contributed by atoms with E-state index in [9.17, 15) is 8.42 Å². The Hall–Kier alpha value is -1.51. The van der Waals surface area contributed by atoms with Crippen LogP contribution in [0.25, 0.3) is 11.4 Å². The summed E-state index contributed by atoms with van der Waals surface area (Å²) in [5.41, 5.74) is 1.02. The lowest BCUT2D eigenvalue weighted by atomic mass is 10.0. The number of benzene rings is 1. The van der Waals surface area contributed by atoms with Crippen molar-refractivity contribution in [3.8, 4) is 11.4 Å². The summed E-state index contributed by atoms with van der Waals surface area (Å²) < 4.78 is 29.6. The predicted molar refractivity (Wildman–Crippen MR) is 97.8 cm³/mol. The SMILES string of the molecule is CS(=O)(=O)NCCC1CCCCN1c1nc(-c2ccccc2)ns1. The van der Waals surface area contributed by atoms with Crippen molar-refractivity contribution < 1.29 is 8.42 Å². The average molecular weight is 367 g/mol. The molecule has 0 saturated carbocycles. The molecule has 130 valence electrons. The fourth-order valence-corrected chi connectivity index (χ4v) is 4.28. The maximum Gasteiger partial charge on any atom is 0.208 e. The van der Waals surface area contributed by atoms with E-state index in [0.717, 1.165) is 42.3 Å². The fourth-order valence-electron chi connectivity index (χ4n) is 3.00. The molecule has 1 aliphatic heterocycles. The zero-order chi connectivity index (χ0) is 17.0. The van der Waals surface area contributed by atoms with Gasteiger partial charge in [0, 0.05) is 36.2 Å². The molecule has 8 heteroatoms. The third kappa shape index (κ3) is 4.52. The normalized spacial score (nSPS) is 18.7. The third-order valence-electron chi connectivity index (χ3n) is 4.16. The topological polar surface area (TPSA) is 75.2 Å². The van der Waals surface area contributed by atoms with Crippen molar-refractivity contribution in [2.24, 2.45) is 0 Å². The summed E-state index contributed by atoms with van der Waals surface area (Å²) in [5.74, 6) is 0.759. The summed E-state index contributed by atoms with van der Waals surface area (Å²) >= 11 is 1.42. The van der Waals surface area contributed by atoms with Gasteiger partial charge >= 0.3 is 0 Å². The van der Waals surface area contributed by atoms with E-state index >= 15 is 0 Å². The van der Waals surface area contributed by atoms with Crippen LogP contribution in [0.5, 0.6) is 0 Å². The predicted octanol–water partition coefficient (Wildman–Crippen LogP) is 2.50. The molecule has 1 aliphatic rings. The molecule has 1 unspecified atom stereocenters. The Morgan fingerprint density at radius 3 is 2.83 bits per heavy atom. The van der Waals surface area contributed by atoms with Crippen molar-refractivity contribution in [2.75, 3.05) is 24.2 Å². The van der Waals surface area contributed by atoms with Crippen LogP contribution in [0.4, 0.5) is 5.13 Å². The van der Waals surface area contributed by atoms with Crippen molar-refractivity contribution in [1.82, 2.24) is 14.1 Å². The van der Waals surface area contributed by atoms with Gasteiger partial charge in [-0.2, -0.15) is 9.36 Å². The molecular formula is C16H22N4O2S2. The average Bonchev–Trinajstić information content (AvgIpc) is 3.05. The molecule has 3 rings (SSSR count). The van der Waals surface area contributed by atoms with E-state index in [0.29, 0.717) is 12.6 Å². The summed E-state index contributed by atoms with van der Waals surface area (Å²) in [6.07, 6.45) is 5.35. The molecule has 1 fully saturated rings. The van der Waals surface area contributed by atoms with Crippen LogP contribution in [0, 0.1) is 0 Å². The highest BCUT2D eigenvalue weighted by atomic mass is 32.2. The Balaban J connectivity index is 1.70. The molecule has 1 N–H and O–H groups in total. The summed E-state index contributed by atoms with van der Waals surface area (Å²) in [6, 6.07) is 10.3. The minimum absolute atomic E-state index is 0.310. The first-order valence-electron chi connectivity index (χ1n) is 8.13. The van der Waals surface area contributed by atoms with Crippen LogP contribution in [0.3, 0.4) is 0 Å². The Morgan fingerprint density at radius 2 is 2.08 bits per heavy atom. The van der Waals surface area contributed by atoms with Gasteiger partial charge in [0.05, 0.1) is 6.26 Å².